The van der Waals surface area contributed by atoms with Crippen LogP contribution in [0.2, 0.25) is 0 Å². The second-order valence-electron chi connectivity index (χ2n) is 7.10. The fourth-order valence-electron chi connectivity index (χ4n) is 3.49. The van der Waals surface area contributed by atoms with E-state index in [2.05, 4.69) is 58.5 Å². The average molecular weight is 380 g/mol. The third-order valence-electron chi connectivity index (χ3n) is 4.99. The maximum Gasteiger partial charge on any atom is 0.127 e. The van der Waals surface area contributed by atoms with Crippen LogP contribution in [0, 0.1) is 6.92 Å². The molecule has 0 spiro atoms. The van der Waals surface area contributed by atoms with E-state index in [0.717, 1.165) is 43.4 Å². The van der Waals surface area contributed by atoms with Crippen molar-refractivity contribution in [2.45, 2.75) is 13.0 Å². The van der Waals surface area contributed by atoms with Gasteiger partial charge in [0.1, 0.15) is 11.5 Å². The summed E-state index contributed by atoms with van der Waals surface area (Å²) in [5, 5.41) is 0. The molecule has 27 heavy (non-hydrogen) atoms. The van der Waals surface area contributed by atoms with Crippen molar-refractivity contribution in [3.63, 3.8) is 0 Å². The first-order valence-electron chi connectivity index (χ1n) is 9.38. The van der Waals surface area contributed by atoms with E-state index in [1.54, 1.807) is 11.5 Å². The standard InChI is InChI=1S/C22H25N3OS/c1-17-16-21(27-23-17)22(25-14-12-24(2)13-15-25)18-8-10-20(11-9-18)26-19-6-4-3-5-7-19/h3-11,16,22H,12-15H2,1-2H3. The van der Waals surface area contributed by atoms with Crippen molar-refractivity contribution < 1.29 is 4.74 Å². The van der Waals surface area contributed by atoms with Crippen molar-refractivity contribution >= 4 is 11.5 Å². The van der Waals surface area contributed by atoms with Crippen LogP contribution in [0.1, 0.15) is 22.2 Å². The van der Waals surface area contributed by atoms with E-state index in [1.807, 2.05) is 30.3 Å². The Kier molecular flexibility index (Phi) is 5.53. The van der Waals surface area contributed by atoms with Gasteiger partial charge in [0.05, 0.1) is 11.7 Å². The molecular weight excluding hydrogens is 354 g/mol. The fraction of sp³-hybridized carbons (Fsp3) is 0.318. The van der Waals surface area contributed by atoms with Crippen LogP contribution in [-0.2, 0) is 0 Å². The van der Waals surface area contributed by atoms with Crippen LogP contribution in [0.15, 0.2) is 60.7 Å². The Morgan fingerprint density at radius 1 is 0.926 bits per heavy atom. The average Bonchev–Trinajstić information content (AvgIpc) is 3.12. The summed E-state index contributed by atoms with van der Waals surface area (Å²) in [5.74, 6) is 1.72. The van der Waals surface area contributed by atoms with E-state index in [0.29, 0.717) is 0 Å². The molecule has 0 bridgehead atoms. The van der Waals surface area contributed by atoms with Crippen LogP contribution in [-0.4, -0.2) is 47.4 Å². The SMILES string of the molecule is Cc1cc(C(c2ccc(Oc3ccccc3)cc2)N2CCN(C)CC2)sn1. The van der Waals surface area contributed by atoms with Gasteiger partial charge in [-0.05, 0) is 61.4 Å². The smallest absolute Gasteiger partial charge is 0.127 e. The Balaban J connectivity index is 1.58. The summed E-state index contributed by atoms with van der Waals surface area (Å²) in [6.07, 6.45) is 0. The number of para-hydroxylation sites is 1. The molecule has 3 aromatic rings. The molecule has 0 saturated carbocycles. The van der Waals surface area contributed by atoms with Crippen LogP contribution < -0.4 is 4.74 Å². The van der Waals surface area contributed by atoms with Crippen molar-refractivity contribution in [1.29, 1.82) is 0 Å². The van der Waals surface area contributed by atoms with Gasteiger partial charge in [0.25, 0.3) is 0 Å². The Morgan fingerprint density at radius 2 is 1.59 bits per heavy atom. The Bertz CT molecular complexity index is 855. The number of hydrogen-bond donors (Lipinski definition) is 0. The fourth-order valence-corrected chi connectivity index (χ4v) is 4.40. The minimum Gasteiger partial charge on any atom is -0.457 e. The zero-order chi connectivity index (χ0) is 18.6. The molecule has 5 heteroatoms. The Hall–Kier alpha value is -2.21. The molecule has 140 valence electrons. The number of benzene rings is 2. The lowest BCUT2D eigenvalue weighted by atomic mass is 10.0. The van der Waals surface area contributed by atoms with Crippen LogP contribution in [0.3, 0.4) is 0 Å². The predicted molar refractivity (Wildman–Crippen MR) is 111 cm³/mol. The van der Waals surface area contributed by atoms with E-state index in [4.69, 9.17) is 4.74 Å². The molecule has 1 aliphatic rings. The number of hydrogen-bond acceptors (Lipinski definition) is 5. The molecule has 0 amide bonds. The lowest BCUT2D eigenvalue weighted by molar-refractivity contribution is 0.128. The van der Waals surface area contributed by atoms with Crippen molar-refractivity contribution in [3.8, 4) is 11.5 Å². The predicted octanol–water partition coefficient (Wildman–Crippen LogP) is 4.58. The zero-order valence-electron chi connectivity index (χ0n) is 15.8. The number of ether oxygens (including phenoxy) is 1. The van der Waals surface area contributed by atoms with Gasteiger partial charge in [0.15, 0.2) is 0 Å². The van der Waals surface area contributed by atoms with Gasteiger partial charge in [0.2, 0.25) is 0 Å². The summed E-state index contributed by atoms with van der Waals surface area (Å²) in [6.45, 7) is 6.41. The van der Waals surface area contributed by atoms with Gasteiger partial charge in [-0.1, -0.05) is 30.3 Å². The highest BCUT2D eigenvalue weighted by Gasteiger charge is 2.27. The van der Waals surface area contributed by atoms with Gasteiger partial charge in [-0.15, -0.1) is 0 Å². The summed E-state index contributed by atoms with van der Waals surface area (Å²) < 4.78 is 10.5. The molecule has 2 aromatic carbocycles. The van der Waals surface area contributed by atoms with Gasteiger partial charge in [-0.3, -0.25) is 4.90 Å². The number of piperazine rings is 1. The minimum absolute atomic E-state index is 0.260. The maximum absolute atomic E-state index is 5.95. The van der Waals surface area contributed by atoms with Crippen LogP contribution >= 0.6 is 11.5 Å². The first-order valence-corrected chi connectivity index (χ1v) is 10.1. The van der Waals surface area contributed by atoms with E-state index in [9.17, 15) is 0 Å². The summed E-state index contributed by atoms with van der Waals surface area (Å²) in [6, 6.07) is 20.9. The number of aromatic nitrogens is 1. The summed E-state index contributed by atoms with van der Waals surface area (Å²) in [4.78, 5) is 6.27. The normalized spacial score (nSPS) is 17.0. The lowest BCUT2D eigenvalue weighted by Gasteiger charge is -2.37. The number of nitrogens with zero attached hydrogens (tertiary/aromatic N) is 3. The van der Waals surface area contributed by atoms with Gasteiger partial charge in [-0.2, -0.15) is 4.37 Å². The lowest BCUT2D eigenvalue weighted by Crippen LogP contribution is -2.46. The second-order valence-corrected chi connectivity index (χ2v) is 7.93. The molecule has 0 radical (unpaired) electrons. The molecule has 1 saturated heterocycles. The first kappa shape index (κ1) is 18.2. The highest BCUT2D eigenvalue weighted by molar-refractivity contribution is 7.05. The second kappa shape index (κ2) is 8.21. The van der Waals surface area contributed by atoms with Crippen LogP contribution in [0.5, 0.6) is 11.5 Å². The first-order chi connectivity index (χ1) is 13.2. The molecule has 0 aliphatic carbocycles. The molecule has 2 heterocycles. The number of rotatable bonds is 5. The van der Waals surface area contributed by atoms with Gasteiger partial charge >= 0.3 is 0 Å². The Morgan fingerprint density at radius 3 is 2.22 bits per heavy atom. The van der Waals surface area contributed by atoms with Gasteiger partial charge < -0.3 is 9.64 Å². The zero-order valence-corrected chi connectivity index (χ0v) is 16.7. The number of likely N-dealkylation sites (N-methyl/N-ethyl adjacent to an activating group) is 1. The molecule has 1 unspecified atom stereocenters. The molecule has 4 nitrogen and oxygen atoms in total. The number of aryl methyl sites for hydroxylation is 1. The quantitative estimate of drug-likeness (QED) is 0.649. The van der Waals surface area contributed by atoms with Crippen molar-refractivity contribution in [2.24, 2.45) is 0 Å². The topological polar surface area (TPSA) is 28.6 Å². The van der Waals surface area contributed by atoms with Crippen molar-refractivity contribution in [2.75, 3.05) is 33.2 Å². The van der Waals surface area contributed by atoms with Gasteiger partial charge in [-0.25, -0.2) is 0 Å². The maximum atomic E-state index is 5.95. The minimum atomic E-state index is 0.260. The third-order valence-corrected chi connectivity index (χ3v) is 5.92. The van der Waals surface area contributed by atoms with E-state index >= 15 is 0 Å². The highest BCUT2D eigenvalue weighted by atomic mass is 32.1. The Labute approximate surface area is 165 Å². The molecular formula is C22H25N3OS. The molecule has 1 aliphatic heterocycles. The van der Waals surface area contributed by atoms with Crippen LogP contribution in [0.4, 0.5) is 0 Å². The van der Waals surface area contributed by atoms with Crippen molar-refractivity contribution in [1.82, 2.24) is 14.2 Å². The van der Waals surface area contributed by atoms with E-state index in [1.165, 1.54) is 10.4 Å². The largest absolute Gasteiger partial charge is 0.457 e. The third kappa shape index (κ3) is 4.38. The summed E-state index contributed by atoms with van der Waals surface area (Å²) in [7, 11) is 2.19. The molecule has 1 atom stereocenters. The van der Waals surface area contributed by atoms with E-state index < -0.39 is 0 Å². The molecule has 0 N–H and O–H groups in total. The van der Waals surface area contributed by atoms with Crippen molar-refractivity contribution in [3.05, 3.63) is 76.8 Å². The van der Waals surface area contributed by atoms with Gasteiger partial charge in [0, 0.05) is 31.1 Å². The molecule has 1 aromatic heterocycles. The monoisotopic (exact) mass is 379 g/mol. The summed E-state index contributed by atoms with van der Waals surface area (Å²) >= 11 is 1.62. The highest BCUT2D eigenvalue weighted by Crippen LogP contribution is 2.33. The molecule has 4 rings (SSSR count). The molecule has 1 fully saturated rings. The summed E-state index contributed by atoms with van der Waals surface area (Å²) in [5.41, 5.74) is 2.39. The van der Waals surface area contributed by atoms with E-state index in [-0.39, 0.29) is 6.04 Å². The van der Waals surface area contributed by atoms with Crippen LogP contribution in [0.25, 0.3) is 0 Å².